The van der Waals surface area contributed by atoms with Gasteiger partial charge >= 0.3 is 0 Å². The van der Waals surface area contributed by atoms with Crippen LogP contribution in [0.3, 0.4) is 0 Å². The molecule has 2 heterocycles. The molecular weight excluding hydrogens is 464 g/mol. The molecule has 2 aromatic carbocycles. The number of nitrogens with one attached hydrogen (secondary N) is 2. The largest absolute Gasteiger partial charge is 0.366 e. The molecule has 37 heavy (non-hydrogen) atoms. The highest BCUT2D eigenvalue weighted by atomic mass is 16.1. The first-order valence-corrected chi connectivity index (χ1v) is 12.9. The molecule has 0 unspecified atom stereocenters. The molecule has 9 nitrogen and oxygen atoms in total. The Morgan fingerprint density at radius 1 is 1.11 bits per heavy atom. The number of likely N-dealkylation sites (tertiary alicyclic amines) is 1. The van der Waals surface area contributed by atoms with Crippen LogP contribution in [0.1, 0.15) is 47.3 Å². The number of rotatable bonds is 10. The summed E-state index contributed by atoms with van der Waals surface area (Å²) in [7, 11) is 1.99. The van der Waals surface area contributed by atoms with E-state index >= 15 is 0 Å². The van der Waals surface area contributed by atoms with Gasteiger partial charge in [-0.2, -0.15) is 15.0 Å². The van der Waals surface area contributed by atoms with Crippen LogP contribution in [0.5, 0.6) is 0 Å². The van der Waals surface area contributed by atoms with Crippen molar-refractivity contribution >= 4 is 29.4 Å². The van der Waals surface area contributed by atoms with Crippen molar-refractivity contribution in [1.82, 2.24) is 19.9 Å². The maximum atomic E-state index is 11.7. The van der Waals surface area contributed by atoms with E-state index in [1.165, 1.54) is 11.1 Å². The summed E-state index contributed by atoms with van der Waals surface area (Å²) in [6.45, 7) is 12.1. The van der Waals surface area contributed by atoms with Crippen LogP contribution in [-0.4, -0.2) is 58.5 Å². The monoisotopic (exact) mass is 502 g/mol. The van der Waals surface area contributed by atoms with E-state index in [4.69, 9.17) is 10.7 Å². The standard InChI is InChI=1S/C28H38N8O/c1-18(2)15-35(5)28-33-26(30-23-12-13-36(17-23)16-22-9-7-6-8-19(22)3)32-27(34-28)31-24-14-21(25(29)37)11-10-20(24)4/h6-11,14,18,23H,12-13,15-17H2,1-5H3,(H2,29,37)(H2,30,31,32,33,34)/t23-/m0/s1. The summed E-state index contributed by atoms with van der Waals surface area (Å²) in [5.74, 6) is 1.52. The minimum atomic E-state index is -0.477. The highest BCUT2D eigenvalue weighted by molar-refractivity contribution is 5.94. The number of nitrogens with zero attached hydrogens (tertiary/aromatic N) is 5. The molecule has 1 aliphatic rings. The molecular formula is C28H38N8O. The zero-order valence-electron chi connectivity index (χ0n) is 22.5. The van der Waals surface area contributed by atoms with Gasteiger partial charge in [0.2, 0.25) is 23.8 Å². The number of nitrogens with two attached hydrogens (primary N) is 1. The summed E-state index contributed by atoms with van der Waals surface area (Å²) < 4.78 is 0. The number of carbonyl (C=O) groups is 1. The zero-order valence-corrected chi connectivity index (χ0v) is 22.5. The van der Waals surface area contributed by atoms with E-state index in [1.54, 1.807) is 12.1 Å². The fourth-order valence-electron chi connectivity index (χ4n) is 4.62. The van der Waals surface area contributed by atoms with Gasteiger partial charge in [0.25, 0.3) is 0 Å². The molecule has 0 spiro atoms. The van der Waals surface area contributed by atoms with Crippen molar-refractivity contribution in [2.45, 2.75) is 46.7 Å². The number of hydrogen-bond acceptors (Lipinski definition) is 8. The van der Waals surface area contributed by atoms with Gasteiger partial charge in [0.15, 0.2) is 0 Å². The smallest absolute Gasteiger partial charge is 0.248 e. The number of primary amides is 1. The fourth-order valence-corrected chi connectivity index (χ4v) is 4.62. The summed E-state index contributed by atoms with van der Waals surface area (Å²) in [6.07, 6.45) is 1.01. The normalized spacial score (nSPS) is 15.7. The van der Waals surface area contributed by atoms with Gasteiger partial charge in [-0.25, -0.2) is 0 Å². The lowest BCUT2D eigenvalue weighted by atomic mass is 10.1. The minimum Gasteiger partial charge on any atom is -0.366 e. The third-order valence-electron chi connectivity index (χ3n) is 6.63. The third-order valence-corrected chi connectivity index (χ3v) is 6.63. The molecule has 0 radical (unpaired) electrons. The van der Waals surface area contributed by atoms with Crippen molar-refractivity contribution in [3.05, 3.63) is 64.7 Å². The van der Waals surface area contributed by atoms with Gasteiger partial charge in [0, 0.05) is 50.5 Å². The molecule has 1 aliphatic heterocycles. The number of carbonyl (C=O) groups excluding carboxylic acids is 1. The van der Waals surface area contributed by atoms with Crippen LogP contribution >= 0.6 is 0 Å². The van der Waals surface area contributed by atoms with Crippen molar-refractivity contribution < 1.29 is 4.79 Å². The average Bonchev–Trinajstić information content (AvgIpc) is 3.28. The van der Waals surface area contributed by atoms with Crippen LogP contribution in [-0.2, 0) is 6.54 Å². The van der Waals surface area contributed by atoms with Gasteiger partial charge < -0.3 is 21.3 Å². The number of hydrogen-bond donors (Lipinski definition) is 3. The molecule has 1 aromatic heterocycles. The van der Waals surface area contributed by atoms with E-state index in [2.05, 4.69) is 70.5 Å². The Bertz CT molecular complexity index is 1240. The molecule has 4 rings (SSSR count). The Morgan fingerprint density at radius 3 is 2.59 bits per heavy atom. The Hall–Kier alpha value is -3.72. The molecule has 1 amide bonds. The van der Waals surface area contributed by atoms with E-state index in [0.717, 1.165) is 43.9 Å². The van der Waals surface area contributed by atoms with E-state index < -0.39 is 5.91 Å². The number of benzene rings is 2. The lowest BCUT2D eigenvalue weighted by Crippen LogP contribution is -2.28. The molecule has 1 atom stereocenters. The number of anilines is 4. The average molecular weight is 503 g/mol. The summed E-state index contributed by atoms with van der Waals surface area (Å²) in [5.41, 5.74) is 10.3. The van der Waals surface area contributed by atoms with Crippen molar-refractivity contribution in [3.8, 4) is 0 Å². The second kappa shape index (κ2) is 11.6. The molecule has 9 heteroatoms. The van der Waals surface area contributed by atoms with Gasteiger partial charge in [-0.1, -0.05) is 44.2 Å². The minimum absolute atomic E-state index is 0.238. The Morgan fingerprint density at radius 2 is 1.86 bits per heavy atom. The highest BCUT2D eigenvalue weighted by Crippen LogP contribution is 2.24. The molecule has 196 valence electrons. The maximum Gasteiger partial charge on any atom is 0.248 e. The van der Waals surface area contributed by atoms with Crippen molar-refractivity contribution in [2.75, 3.05) is 42.2 Å². The SMILES string of the molecule is Cc1ccccc1CN1CC[C@H](Nc2nc(Nc3cc(C(N)=O)ccc3C)nc(N(C)CC(C)C)n2)C1. The molecule has 3 aromatic rings. The maximum absolute atomic E-state index is 11.7. The molecule has 4 N–H and O–H groups in total. The summed E-state index contributed by atoms with van der Waals surface area (Å²) in [4.78, 5) is 30.3. The number of amides is 1. The van der Waals surface area contributed by atoms with Gasteiger partial charge in [0.05, 0.1) is 0 Å². The van der Waals surface area contributed by atoms with Crippen LogP contribution in [0.4, 0.5) is 23.5 Å². The fraction of sp³-hybridized carbons (Fsp3) is 0.429. The number of aromatic nitrogens is 3. The van der Waals surface area contributed by atoms with E-state index in [1.807, 2.05) is 24.9 Å². The van der Waals surface area contributed by atoms with Gasteiger partial charge in [0.1, 0.15) is 0 Å². The predicted molar refractivity (Wildman–Crippen MR) is 149 cm³/mol. The lowest BCUT2D eigenvalue weighted by molar-refractivity contribution is 0.100. The second-order valence-corrected chi connectivity index (χ2v) is 10.4. The topological polar surface area (TPSA) is 112 Å². The Labute approximate surface area is 219 Å². The van der Waals surface area contributed by atoms with E-state index in [0.29, 0.717) is 29.3 Å². The Kier molecular flexibility index (Phi) is 8.23. The molecule has 0 saturated carbocycles. The van der Waals surface area contributed by atoms with Gasteiger partial charge in [-0.3, -0.25) is 9.69 Å². The van der Waals surface area contributed by atoms with Crippen molar-refractivity contribution in [2.24, 2.45) is 11.7 Å². The van der Waals surface area contributed by atoms with Crippen LogP contribution in [0.25, 0.3) is 0 Å². The highest BCUT2D eigenvalue weighted by Gasteiger charge is 2.24. The first kappa shape index (κ1) is 26.3. The first-order valence-electron chi connectivity index (χ1n) is 12.9. The summed E-state index contributed by atoms with van der Waals surface area (Å²) in [6, 6.07) is 14.1. The molecule has 0 aliphatic carbocycles. The van der Waals surface area contributed by atoms with Gasteiger partial charge in [-0.05, 0) is 55.0 Å². The van der Waals surface area contributed by atoms with E-state index in [9.17, 15) is 4.79 Å². The quantitative estimate of drug-likeness (QED) is 0.380. The zero-order chi connectivity index (χ0) is 26.5. The Balaban J connectivity index is 1.53. The van der Waals surface area contributed by atoms with Crippen molar-refractivity contribution in [1.29, 1.82) is 0 Å². The van der Waals surface area contributed by atoms with Crippen LogP contribution in [0.2, 0.25) is 0 Å². The van der Waals surface area contributed by atoms with Crippen LogP contribution < -0.4 is 21.3 Å². The van der Waals surface area contributed by atoms with Crippen LogP contribution in [0, 0.1) is 19.8 Å². The summed E-state index contributed by atoms with van der Waals surface area (Å²) in [5, 5.41) is 6.83. The molecule has 1 saturated heterocycles. The molecule has 1 fully saturated rings. The molecule has 0 bridgehead atoms. The first-order chi connectivity index (χ1) is 17.7. The van der Waals surface area contributed by atoms with Crippen molar-refractivity contribution in [3.63, 3.8) is 0 Å². The van der Waals surface area contributed by atoms with Gasteiger partial charge in [-0.15, -0.1) is 0 Å². The third kappa shape index (κ3) is 6.95. The lowest BCUT2D eigenvalue weighted by Gasteiger charge is -2.22. The summed E-state index contributed by atoms with van der Waals surface area (Å²) >= 11 is 0. The number of aryl methyl sites for hydroxylation is 2. The predicted octanol–water partition coefficient (Wildman–Crippen LogP) is 4.11. The van der Waals surface area contributed by atoms with E-state index in [-0.39, 0.29) is 6.04 Å². The second-order valence-electron chi connectivity index (χ2n) is 10.4. The van der Waals surface area contributed by atoms with Crippen LogP contribution in [0.15, 0.2) is 42.5 Å².